The Hall–Kier alpha value is -2.25. The van der Waals surface area contributed by atoms with E-state index in [1.807, 2.05) is 5.32 Å². The van der Waals surface area contributed by atoms with Gasteiger partial charge in [0.2, 0.25) is 0 Å². The molecule has 2 amide bonds. The van der Waals surface area contributed by atoms with Crippen molar-refractivity contribution in [2.45, 2.75) is 26.3 Å². The van der Waals surface area contributed by atoms with Crippen molar-refractivity contribution < 1.29 is 27.9 Å². The van der Waals surface area contributed by atoms with E-state index in [1.165, 1.54) is 0 Å². The van der Waals surface area contributed by atoms with Crippen LogP contribution in [0.1, 0.15) is 20.3 Å². The molecule has 1 atom stereocenters. The minimum absolute atomic E-state index is 0.179. The summed E-state index contributed by atoms with van der Waals surface area (Å²) in [6, 6.07) is -0.774. The van der Waals surface area contributed by atoms with Gasteiger partial charge >= 0.3 is 12.0 Å². The Morgan fingerprint density at radius 1 is 1.14 bits per heavy atom. The zero-order valence-electron chi connectivity index (χ0n) is 11.4. The van der Waals surface area contributed by atoms with Crippen LogP contribution < -0.4 is 10.6 Å². The van der Waals surface area contributed by atoms with Gasteiger partial charge in [0.25, 0.3) is 0 Å². The lowest BCUT2D eigenvalue weighted by Gasteiger charge is -2.21. The first-order chi connectivity index (χ1) is 9.70. The average Bonchev–Trinajstić information content (AvgIpc) is 2.34. The number of carbonyl (C=O) groups is 2. The van der Waals surface area contributed by atoms with Gasteiger partial charge in [0, 0.05) is 18.2 Å². The van der Waals surface area contributed by atoms with Gasteiger partial charge in [0.05, 0.1) is 12.1 Å². The highest BCUT2D eigenvalue weighted by Gasteiger charge is 2.20. The van der Waals surface area contributed by atoms with Crippen LogP contribution in [0.5, 0.6) is 0 Å². The van der Waals surface area contributed by atoms with Crippen molar-refractivity contribution in [1.29, 1.82) is 0 Å². The fraction of sp³-hybridized carbons (Fsp3) is 0.385. The number of halogens is 3. The molecule has 1 aromatic rings. The minimum Gasteiger partial charge on any atom is -0.481 e. The summed E-state index contributed by atoms with van der Waals surface area (Å²) in [6.45, 7) is 3.40. The van der Waals surface area contributed by atoms with Gasteiger partial charge in [-0.25, -0.2) is 18.0 Å². The summed E-state index contributed by atoms with van der Waals surface area (Å²) >= 11 is 0. The van der Waals surface area contributed by atoms with E-state index in [2.05, 4.69) is 5.32 Å². The molecule has 116 valence electrons. The summed E-state index contributed by atoms with van der Waals surface area (Å²) in [5, 5.41) is 13.1. The van der Waals surface area contributed by atoms with Crippen molar-refractivity contribution in [1.82, 2.24) is 5.32 Å². The summed E-state index contributed by atoms with van der Waals surface area (Å²) in [7, 11) is 0. The van der Waals surface area contributed by atoms with E-state index in [0.717, 1.165) is 0 Å². The molecule has 0 aliphatic heterocycles. The van der Waals surface area contributed by atoms with Crippen LogP contribution >= 0.6 is 0 Å². The van der Waals surface area contributed by atoms with Gasteiger partial charge in [-0.3, -0.25) is 4.79 Å². The molecule has 0 aromatic heterocycles. The molecular weight excluding hydrogens is 289 g/mol. The van der Waals surface area contributed by atoms with E-state index >= 15 is 0 Å². The second-order valence-electron chi connectivity index (χ2n) is 4.79. The smallest absolute Gasteiger partial charge is 0.319 e. The van der Waals surface area contributed by atoms with E-state index in [0.29, 0.717) is 12.1 Å². The second-order valence-corrected chi connectivity index (χ2v) is 4.79. The molecule has 0 saturated carbocycles. The Morgan fingerprint density at radius 2 is 1.71 bits per heavy atom. The van der Waals surface area contributed by atoms with Gasteiger partial charge in [0.1, 0.15) is 5.82 Å². The Kier molecular flexibility index (Phi) is 5.57. The first kappa shape index (κ1) is 16.8. The number of urea groups is 1. The lowest BCUT2D eigenvalue weighted by Crippen LogP contribution is -2.42. The maximum Gasteiger partial charge on any atom is 0.319 e. The number of hydrogen-bond donors (Lipinski definition) is 3. The fourth-order valence-electron chi connectivity index (χ4n) is 1.59. The van der Waals surface area contributed by atoms with Gasteiger partial charge < -0.3 is 15.7 Å². The monoisotopic (exact) mass is 304 g/mol. The van der Waals surface area contributed by atoms with Crippen molar-refractivity contribution >= 4 is 17.7 Å². The minimum atomic E-state index is -1.37. The molecule has 1 aromatic carbocycles. The Morgan fingerprint density at radius 3 is 2.24 bits per heavy atom. The Bertz CT molecular complexity index is 550. The molecule has 3 N–H and O–H groups in total. The molecule has 0 aliphatic carbocycles. The molecule has 1 unspecified atom stereocenters. The lowest BCUT2D eigenvalue weighted by atomic mass is 10.0. The SMILES string of the molecule is CC(C)C(CC(=O)O)NC(=O)Nc1cc(F)c(F)cc1F. The topological polar surface area (TPSA) is 78.4 Å². The lowest BCUT2D eigenvalue weighted by molar-refractivity contribution is -0.137. The van der Waals surface area contributed by atoms with Crippen LogP contribution in [0.25, 0.3) is 0 Å². The highest BCUT2D eigenvalue weighted by molar-refractivity contribution is 5.89. The maximum atomic E-state index is 13.4. The van der Waals surface area contributed by atoms with Crippen molar-refractivity contribution in [3.8, 4) is 0 Å². The number of carboxylic acid groups (broad SMARTS) is 1. The standard InChI is InChI=1S/C13H15F3N2O3/c1-6(2)10(5-12(19)20)17-13(21)18-11-4-8(15)7(14)3-9(11)16/h3-4,6,10H,5H2,1-2H3,(H,19,20)(H2,17,18,21). The van der Waals surface area contributed by atoms with Crippen molar-refractivity contribution in [3.05, 3.63) is 29.6 Å². The van der Waals surface area contributed by atoms with Crippen molar-refractivity contribution in [3.63, 3.8) is 0 Å². The first-order valence-electron chi connectivity index (χ1n) is 6.14. The van der Waals surface area contributed by atoms with Crippen LogP contribution in [0.2, 0.25) is 0 Å². The van der Waals surface area contributed by atoms with Crippen LogP contribution in [-0.4, -0.2) is 23.1 Å². The Labute approximate surface area is 119 Å². The molecule has 1 rings (SSSR count). The Balaban J connectivity index is 2.76. The van der Waals surface area contributed by atoms with Gasteiger partial charge in [-0.2, -0.15) is 0 Å². The highest BCUT2D eigenvalue weighted by atomic mass is 19.2. The molecule has 0 bridgehead atoms. The summed E-state index contributed by atoms with van der Waals surface area (Å²) < 4.78 is 39.1. The summed E-state index contributed by atoms with van der Waals surface area (Å²) in [5.74, 6) is -5.10. The van der Waals surface area contributed by atoms with E-state index in [-0.39, 0.29) is 12.3 Å². The van der Waals surface area contributed by atoms with E-state index < -0.39 is 41.2 Å². The number of hydrogen-bond acceptors (Lipinski definition) is 2. The van der Waals surface area contributed by atoms with Crippen molar-refractivity contribution in [2.75, 3.05) is 5.32 Å². The summed E-state index contributed by atoms with van der Waals surface area (Å²) in [5.41, 5.74) is -0.538. The number of anilines is 1. The van der Waals surface area contributed by atoms with Crippen molar-refractivity contribution in [2.24, 2.45) is 5.92 Å². The number of carboxylic acids is 1. The molecule has 0 saturated heterocycles. The zero-order valence-corrected chi connectivity index (χ0v) is 11.4. The van der Waals surface area contributed by atoms with Crippen LogP contribution in [0.15, 0.2) is 12.1 Å². The number of benzene rings is 1. The molecule has 0 aliphatic rings. The normalized spacial score (nSPS) is 12.1. The molecule has 21 heavy (non-hydrogen) atoms. The number of carbonyl (C=O) groups excluding carboxylic acids is 1. The van der Waals surface area contributed by atoms with Crippen LogP contribution in [0.4, 0.5) is 23.7 Å². The molecule has 0 fully saturated rings. The van der Waals surface area contributed by atoms with Crippen LogP contribution in [0.3, 0.4) is 0 Å². The first-order valence-corrected chi connectivity index (χ1v) is 6.14. The number of aliphatic carboxylic acids is 1. The quantitative estimate of drug-likeness (QED) is 0.732. The predicted molar refractivity (Wildman–Crippen MR) is 69.3 cm³/mol. The summed E-state index contributed by atoms with van der Waals surface area (Å²) in [4.78, 5) is 22.3. The van der Waals surface area contributed by atoms with Crippen LogP contribution in [0, 0.1) is 23.4 Å². The molecule has 5 nitrogen and oxygen atoms in total. The third-order valence-electron chi connectivity index (χ3n) is 2.77. The third kappa shape index (κ3) is 4.97. The van der Waals surface area contributed by atoms with Gasteiger partial charge in [-0.15, -0.1) is 0 Å². The molecule has 0 radical (unpaired) electrons. The molecule has 8 heteroatoms. The molecule has 0 heterocycles. The van der Waals surface area contributed by atoms with Gasteiger partial charge in [0.15, 0.2) is 11.6 Å². The highest BCUT2D eigenvalue weighted by Crippen LogP contribution is 2.18. The number of amides is 2. The van der Waals surface area contributed by atoms with E-state index in [1.54, 1.807) is 13.8 Å². The third-order valence-corrected chi connectivity index (χ3v) is 2.77. The van der Waals surface area contributed by atoms with Gasteiger partial charge in [-0.05, 0) is 5.92 Å². The molecular formula is C13H15F3N2O3. The van der Waals surface area contributed by atoms with E-state index in [9.17, 15) is 22.8 Å². The predicted octanol–water partition coefficient (Wildman–Crippen LogP) is 2.72. The zero-order chi connectivity index (χ0) is 16.2. The average molecular weight is 304 g/mol. The molecule has 0 spiro atoms. The largest absolute Gasteiger partial charge is 0.481 e. The number of rotatable bonds is 5. The van der Waals surface area contributed by atoms with Crippen LogP contribution in [-0.2, 0) is 4.79 Å². The summed E-state index contributed by atoms with van der Waals surface area (Å²) in [6.07, 6.45) is -0.314. The van der Waals surface area contributed by atoms with E-state index in [4.69, 9.17) is 5.11 Å². The fourth-order valence-corrected chi connectivity index (χ4v) is 1.59. The maximum absolute atomic E-state index is 13.4. The second kappa shape index (κ2) is 6.96. The number of nitrogens with one attached hydrogen (secondary N) is 2. The van der Waals surface area contributed by atoms with Gasteiger partial charge in [-0.1, -0.05) is 13.8 Å².